The third kappa shape index (κ3) is 4.09. The van der Waals surface area contributed by atoms with Crippen molar-refractivity contribution in [3.8, 4) is 0 Å². The summed E-state index contributed by atoms with van der Waals surface area (Å²) in [6, 6.07) is -0.670. The lowest BCUT2D eigenvalue weighted by atomic mass is 9.97. The molecule has 1 rings (SSSR count). The van der Waals surface area contributed by atoms with Crippen molar-refractivity contribution in [3.05, 3.63) is 0 Å². The second kappa shape index (κ2) is 5.77. The molecule has 0 aromatic heterocycles. The highest BCUT2D eigenvalue weighted by atomic mass is 19.4. The van der Waals surface area contributed by atoms with Crippen LogP contribution in [0.5, 0.6) is 0 Å². The molecule has 0 bridgehead atoms. The Morgan fingerprint density at radius 3 is 2.37 bits per heavy atom. The molecule has 1 fully saturated rings. The highest BCUT2D eigenvalue weighted by molar-refractivity contribution is 5.80. The molecule has 1 amide bonds. The topological polar surface area (TPSA) is 72.6 Å². The maximum atomic E-state index is 12.1. The minimum absolute atomic E-state index is 0.00463. The van der Waals surface area contributed by atoms with Crippen LogP contribution >= 0.6 is 0 Å². The number of ether oxygens (including phenoxy) is 1. The zero-order valence-electron chi connectivity index (χ0n) is 10.7. The van der Waals surface area contributed by atoms with Crippen LogP contribution in [0, 0.1) is 0 Å². The van der Waals surface area contributed by atoms with Crippen LogP contribution in [0.15, 0.2) is 0 Å². The molecular weight excluding hydrogens is 265 g/mol. The van der Waals surface area contributed by atoms with E-state index in [2.05, 4.69) is 4.74 Å². The van der Waals surface area contributed by atoms with Crippen LogP contribution in [0.1, 0.15) is 26.7 Å². The molecule has 2 atom stereocenters. The summed E-state index contributed by atoms with van der Waals surface area (Å²) in [6.45, 7) is 4.08. The van der Waals surface area contributed by atoms with E-state index in [9.17, 15) is 22.8 Å². The van der Waals surface area contributed by atoms with E-state index in [-0.39, 0.29) is 18.9 Å². The van der Waals surface area contributed by atoms with Crippen molar-refractivity contribution >= 4 is 11.9 Å². The fourth-order valence-electron chi connectivity index (χ4n) is 2.17. The van der Waals surface area contributed by atoms with Gasteiger partial charge in [0, 0.05) is 19.0 Å². The quantitative estimate of drug-likeness (QED) is 0.778. The molecule has 110 valence electrons. The third-order valence-electron chi connectivity index (χ3n) is 3.09. The first-order valence-corrected chi connectivity index (χ1v) is 5.95. The van der Waals surface area contributed by atoms with Crippen LogP contribution in [-0.4, -0.2) is 47.7 Å². The number of likely N-dealkylation sites (tertiary alicyclic amines) is 1. The van der Waals surface area contributed by atoms with E-state index in [0.29, 0.717) is 6.54 Å². The first-order chi connectivity index (χ1) is 8.62. The predicted octanol–water partition coefficient (Wildman–Crippen LogP) is 0.819. The van der Waals surface area contributed by atoms with Crippen molar-refractivity contribution in [2.45, 2.75) is 51.1 Å². The average Bonchev–Trinajstić information content (AvgIpc) is 2.27. The number of carbonyl (C=O) groups is 2. The van der Waals surface area contributed by atoms with Crippen molar-refractivity contribution in [2.24, 2.45) is 5.73 Å². The Morgan fingerprint density at radius 2 is 1.95 bits per heavy atom. The van der Waals surface area contributed by atoms with E-state index in [1.165, 1.54) is 0 Å². The number of nitrogens with two attached hydrogens (primary N) is 1. The van der Waals surface area contributed by atoms with Gasteiger partial charge < -0.3 is 10.5 Å². The summed E-state index contributed by atoms with van der Waals surface area (Å²) in [4.78, 5) is 23.9. The van der Waals surface area contributed by atoms with Crippen LogP contribution in [-0.2, 0) is 14.3 Å². The molecule has 1 heterocycles. The molecule has 0 spiro atoms. The monoisotopic (exact) mass is 282 g/mol. The zero-order valence-corrected chi connectivity index (χ0v) is 10.7. The molecule has 0 aromatic carbocycles. The molecule has 0 radical (unpaired) electrons. The molecule has 0 aliphatic carbocycles. The fraction of sp³-hybridized carbons (Fsp3) is 0.818. The number of carbonyl (C=O) groups excluding carboxylic acids is 2. The number of piperidine rings is 1. The molecule has 1 aliphatic rings. The van der Waals surface area contributed by atoms with E-state index in [1.807, 2.05) is 13.8 Å². The lowest BCUT2D eigenvalue weighted by molar-refractivity contribution is -0.207. The summed E-state index contributed by atoms with van der Waals surface area (Å²) in [6.07, 6.45) is -5.70. The fourth-order valence-corrected chi connectivity index (χ4v) is 2.17. The molecule has 0 aromatic rings. The van der Waals surface area contributed by atoms with Gasteiger partial charge in [-0.25, -0.2) is 4.79 Å². The van der Waals surface area contributed by atoms with Crippen molar-refractivity contribution in [3.63, 3.8) is 0 Å². The smallest absolute Gasteiger partial charge is 0.456 e. The maximum absolute atomic E-state index is 12.1. The summed E-state index contributed by atoms with van der Waals surface area (Å²) in [7, 11) is 0. The van der Waals surface area contributed by atoms with Crippen molar-refractivity contribution < 1.29 is 27.5 Å². The number of esters is 1. The second-order valence-corrected chi connectivity index (χ2v) is 4.80. The van der Waals surface area contributed by atoms with Gasteiger partial charge in [-0.1, -0.05) is 0 Å². The van der Waals surface area contributed by atoms with Gasteiger partial charge in [0.05, 0.1) is 6.04 Å². The number of hydrogen-bond donors (Lipinski definition) is 1. The third-order valence-corrected chi connectivity index (χ3v) is 3.09. The Kier molecular flexibility index (Phi) is 4.78. The summed E-state index contributed by atoms with van der Waals surface area (Å²) in [5.74, 6) is -2.85. The largest absolute Gasteiger partial charge is 0.490 e. The van der Waals surface area contributed by atoms with Crippen LogP contribution in [0.4, 0.5) is 13.2 Å². The molecule has 1 saturated heterocycles. The SMILES string of the molecule is CC(C)N1CCC(OC(=O)C(F)(F)F)CC1C(N)=O. The van der Waals surface area contributed by atoms with E-state index < -0.39 is 30.2 Å². The molecule has 5 nitrogen and oxygen atoms in total. The van der Waals surface area contributed by atoms with Crippen LogP contribution < -0.4 is 5.73 Å². The van der Waals surface area contributed by atoms with Crippen LogP contribution in [0.3, 0.4) is 0 Å². The van der Waals surface area contributed by atoms with Crippen LogP contribution in [0.2, 0.25) is 0 Å². The number of rotatable bonds is 3. The highest BCUT2D eigenvalue weighted by Crippen LogP contribution is 2.25. The van der Waals surface area contributed by atoms with Gasteiger partial charge in [0.15, 0.2) is 0 Å². The number of amides is 1. The van der Waals surface area contributed by atoms with Crippen LogP contribution in [0.25, 0.3) is 0 Å². The Labute approximate surface area is 108 Å². The summed E-state index contributed by atoms with van der Waals surface area (Å²) in [5, 5.41) is 0. The Morgan fingerprint density at radius 1 is 1.37 bits per heavy atom. The van der Waals surface area contributed by atoms with Gasteiger partial charge in [0.2, 0.25) is 5.91 Å². The molecule has 1 aliphatic heterocycles. The molecular formula is C11H17F3N2O3. The van der Waals surface area contributed by atoms with Gasteiger partial charge in [-0.15, -0.1) is 0 Å². The molecule has 2 N–H and O–H groups in total. The normalized spacial score (nSPS) is 25.4. The molecule has 0 saturated carbocycles. The number of nitrogens with zero attached hydrogens (tertiary/aromatic N) is 1. The molecule has 19 heavy (non-hydrogen) atoms. The summed E-state index contributed by atoms with van der Waals surface area (Å²) < 4.78 is 40.6. The standard InChI is InChI=1S/C11H17F3N2O3/c1-6(2)16-4-3-7(5-8(16)9(15)17)19-10(18)11(12,13)14/h6-8H,3-5H2,1-2H3,(H2,15,17). The van der Waals surface area contributed by atoms with Gasteiger partial charge >= 0.3 is 12.1 Å². The van der Waals surface area contributed by atoms with Gasteiger partial charge in [-0.05, 0) is 20.3 Å². The number of hydrogen-bond acceptors (Lipinski definition) is 4. The average molecular weight is 282 g/mol. The minimum atomic E-state index is -5.02. The highest BCUT2D eigenvalue weighted by Gasteiger charge is 2.44. The number of primary amides is 1. The second-order valence-electron chi connectivity index (χ2n) is 4.80. The lowest BCUT2D eigenvalue weighted by Gasteiger charge is -2.39. The van der Waals surface area contributed by atoms with Gasteiger partial charge in [0.1, 0.15) is 6.10 Å². The predicted molar refractivity (Wildman–Crippen MR) is 60.0 cm³/mol. The van der Waals surface area contributed by atoms with E-state index in [4.69, 9.17) is 5.73 Å². The number of halogens is 3. The summed E-state index contributed by atoms with van der Waals surface area (Å²) in [5.41, 5.74) is 5.23. The first kappa shape index (κ1) is 15.7. The van der Waals surface area contributed by atoms with E-state index in [1.54, 1.807) is 4.90 Å². The van der Waals surface area contributed by atoms with E-state index >= 15 is 0 Å². The van der Waals surface area contributed by atoms with Crippen molar-refractivity contribution in [2.75, 3.05) is 6.54 Å². The minimum Gasteiger partial charge on any atom is -0.456 e. The zero-order chi connectivity index (χ0) is 14.8. The van der Waals surface area contributed by atoms with Crippen molar-refractivity contribution in [1.82, 2.24) is 4.90 Å². The Bertz CT molecular complexity index is 358. The van der Waals surface area contributed by atoms with Gasteiger partial charge in [0.25, 0.3) is 0 Å². The Balaban J connectivity index is 2.67. The first-order valence-electron chi connectivity index (χ1n) is 5.95. The maximum Gasteiger partial charge on any atom is 0.490 e. The van der Waals surface area contributed by atoms with E-state index in [0.717, 1.165) is 0 Å². The summed E-state index contributed by atoms with van der Waals surface area (Å²) >= 11 is 0. The molecule has 2 unspecified atom stereocenters. The van der Waals surface area contributed by atoms with Gasteiger partial charge in [-0.2, -0.15) is 13.2 Å². The van der Waals surface area contributed by atoms with Crippen molar-refractivity contribution in [1.29, 1.82) is 0 Å². The Hall–Kier alpha value is -1.31. The molecule has 8 heteroatoms. The van der Waals surface area contributed by atoms with Gasteiger partial charge in [-0.3, -0.25) is 9.69 Å². The lowest BCUT2D eigenvalue weighted by Crippen LogP contribution is -2.54. The number of alkyl halides is 3.